The molecule has 0 saturated heterocycles. The van der Waals surface area contributed by atoms with Crippen molar-refractivity contribution in [3.05, 3.63) is 0 Å². The minimum absolute atomic E-state index is 0.189. The highest BCUT2D eigenvalue weighted by atomic mass is 32.2. The van der Waals surface area contributed by atoms with Crippen molar-refractivity contribution in [2.45, 2.75) is 51.1 Å². The number of nitrogens with zero attached hydrogens (tertiary/aromatic N) is 1. The third-order valence-electron chi connectivity index (χ3n) is 3.37. The van der Waals surface area contributed by atoms with Crippen LogP contribution in [0.5, 0.6) is 0 Å². The molecule has 2 atom stereocenters. The third-order valence-corrected chi connectivity index (χ3v) is 4.18. The number of carbonyl (C=O) groups is 1. The molecule has 88 valence electrons. The second-order valence-corrected chi connectivity index (χ2v) is 5.46. The summed E-state index contributed by atoms with van der Waals surface area (Å²) in [5.41, 5.74) is 0. The Morgan fingerprint density at radius 1 is 1.47 bits per heavy atom. The molecule has 1 aliphatic rings. The van der Waals surface area contributed by atoms with Gasteiger partial charge in [-0.2, -0.15) is 11.8 Å². The highest BCUT2D eigenvalue weighted by Crippen LogP contribution is 2.20. The van der Waals surface area contributed by atoms with Crippen LogP contribution in [0.3, 0.4) is 0 Å². The fourth-order valence-corrected chi connectivity index (χ4v) is 2.96. The molecule has 0 spiro atoms. The second-order valence-electron chi connectivity index (χ2n) is 4.55. The number of thioether (sulfide) groups is 1. The molecule has 1 saturated carbocycles. The van der Waals surface area contributed by atoms with Gasteiger partial charge in [-0.05, 0) is 33.1 Å². The highest BCUT2D eigenvalue weighted by Gasteiger charge is 2.26. The number of ketones is 1. The molecule has 15 heavy (non-hydrogen) atoms. The first-order valence-electron chi connectivity index (χ1n) is 5.90. The summed E-state index contributed by atoms with van der Waals surface area (Å²) in [7, 11) is 2.11. The molecule has 0 radical (unpaired) electrons. The monoisotopic (exact) mass is 229 g/mol. The van der Waals surface area contributed by atoms with E-state index in [4.69, 9.17) is 0 Å². The number of likely N-dealkylation sites (N-methyl/N-ethyl adjacent to an activating group) is 1. The summed E-state index contributed by atoms with van der Waals surface area (Å²) in [6, 6.07) is 0.696. The van der Waals surface area contributed by atoms with Crippen molar-refractivity contribution in [1.29, 1.82) is 0 Å². The molecule has 0 bridgehead atoms. The Kier molecular flexibility index (Phi) is 5.69. The molecule has 0 aromatic rings. The van der Waals surface area contributed by atoms with Gasteiger partial charge in [-0.3, -0.25) is 9.69 Å². The molecule has 0 heterocycles. The van der Waals surface area contributed by atoms with Crippen LogP contribution in [0.4, 0.5) is 0 Å². The molecule has 2 nitrogen and oxygen atoms in total. The molecular weight excluding hydrogens is 206 g/mol. The lowest BCUT2D eigenvalue weighted by atomic mass is 10.1. The van der Waals surface area contributed by atoms with Gasteiger partial charge >= 0.3 is 0 Å². The van der Waals surface area contributed by atoms with E-state index in [1.54, 1.807) is 0 Å². The van der Waals surface area contributed by atoms with Crippen molar-refractivity contribution in [3.8, 4) is 0 Å². The average molecular weight is 229 g/mol. The van der Waals surface area contributed by atoms with E-state index in [-0.39, 0.29) is 6.04 Å². The third kappa shape index (κ3) is 3.80. The van der Waals surface area contributed by atoms with E-state index in [9.17, 15) is 4.79 Å². The van der Waals surface area contributed by atoms with Gasteiger partial charge in [0.15, 0.2) is 0 Å². The zero-order chi connectivity index (χ0) is 11.3. The summed E-state index contributed by atoms with van der Waals surface area (Å²) in [6.45, 7) is 2.22. The molecule has 0 N–H and O–H groups in total. The van der Waals surface area contributed by atoms with E-state index in [1.807, 2.05) is 11.8 Å². The van der Waals surface area contributed by atoms with Crippen LogP contribution in [-0.2, 0) is 4.79 Å². The lowest BCUT2D eigenvalue weighted by Gasteiger charge is -2.31. The van der Waals surface area contributed by atoms with Crippen LogP contribution in [0, 0.1) is 0 Å². The van der Waals surface area contributed by atoms with Gasteiger partial charge < -0.3 is 0 Å². The molecular formula is C12H23NOS. The molecule has 1 rings (SSSR count). The van der Waals surface area contributed by atoms with Crippen molar-refractivity contribution in [2.75, 3.05) is 19.1 Å². The van der Waals surface area contributed by atoms with Crippen LogP contribution in [0.15, 0.2) is 0 Å². The van der Waals surface area contributed by atoms with Crippen LogP contribution in [0.25, 0.3) is 0 Å². The largest absolute Gasteiger partial charge is 0.298 e. The van der Waals surface area contributed by atoms with Gasteiger partial charge in [0.1, 0.15) is 5.78 Å². The van der Waals surface area contributed by atoms with Crippen LogP contribution in [0.1, 0.15) is 39.0 Å². The zero-order valence-electron chi connectivity index (χ0n) is 10.2. The molecule has 1 aliphatic carbocycles. The van der Waals surface area contributed by atoms with Crippen molar-refractivity contribution >= 4 is 17.5 Å². The van der Waals surface area contributed by atoms with Gasteiger partial charge in [0.05, 0.1) is 6.04 Å². The maximum atomic E-state index is 11.9. The molecule has 0 aliphatic heterocycles. The smallest absolute Gasteiger partial charge is 0.149 e. The van der Waals surface area contributed by atoms with Crippen LogP contribution in [-0.4, -0.2) is 41.8 Å². The van der Waals surface area contributed by atoms with Gasteiger partial charge in [0.2, 0.25) is 0 Å². The Balaban J connectivity index is 2.54. The fourth-order valence-electron chi connectivity index (χ4n) is 2.24. The Hall–Kier alpha value is -0.0200. The van der Waals surface area contributed by atoms with E-state index in [0.717, 1.165) is 25.0 Å². The number of hydrogen-bond acceptors (Lipinski definition) is 3. The van der Waals surface area contributed by atoms with Crippen molar-refractivity contribution in [1.82, 2.24) is 4.90 Å². The first-order valence-corrected chi connectivity index (χ1v) is 7.29. The number of hydrogen-bond donors (Lipinski definition) is 0. The normalized spacial score (nSPS) is 25.3. The lowest BCUT2D eigenvalue weighted by molar-refractivity contribution is -0.124. The van der Waals surface area contributed by atoms with Gasteiger partial charge in [-0.1, -0.05) is 12.8 Å². The van der Waals surface area contributed by atoms with Gasteiger partial charge in [0, 0.05) is 18.2 Å². The van der Waals surface area contributed by atoms with Gasteiger partial charge in [0.25, 0.3) is 0 Å². The van der Waals surface area contributed by atoms with E-state index in [0.29, 0.717) is 11.8 Å². The zero-order valence-corrected chi connectivity index (χ0v) is 11.0. The van der Waals surface area contributed by atoms with Crippen molar-refractivity contribution in [2.24, 2.45) is 0 Å². The maximum Gasteiger partial charge on any atom is 0.149 e. The van der Waals surface area contributed by atoms with Crippen LogP contribution < -0.4 is 0 Å². The van der Waals surface area contributed by atoms with E-state index in [2.05, 4.69) is 25.1 Å². The molecule has 0 aromatic carbocycles. The maximum absolute atomic E-state index is 11.9. The molecule has 0 amide bonds. The predicted molar refractivity (Wildman–Crippen MR) is 67.5 cm³/mol. The molecule has 2 unspecified atom stereocenters. The van der Waals surface area contributed by atoms with Gasteiger partial charge in [-0.25, -0.2) is 0 Å². The van der Waals surface area contributed by atoms with Crippen molar-refractivity contribution in [3.63, 3.8) is 0 Å². The van der Waals surface area contributed by atoms with E-state index in [1.165, 1.54) is 12.8 Å². The summed E-state index contributed by atoms with van der Waals surface area (Å²) in [5, 5.41) is 0. The van der Waals surface area contributed by atoms with E-state index < -0.39 is 0 Å². The van der Waals surface area contributed by atoms with Gasteiger partial charge in [-0.15, -0.1) is 0 Å². The first kappa shape index (κ1) is 13.0. The lowest BCUT2D eigenvalue weighted by Crippen LogP contribution is -2.44. The topological polar surface area (TPSA) is 20.3 Å². The Bertz CT molecular complexity index is 208. The summed E-state index contributed by atoms with van der Waals surface area (Å²) >= 11 is 1.86. The fraction of sp³-hybridized carbons (Fsp3) is 0.917. The second kappa shape index (κ2) is 6.54. The number of Topliss-reactive ketones (excluding diaryl/α,β-unsaturated/α-hetero) is 1. The summed E-state index contributed by atoms with van der Waals surface area (Å²) < 4.78 is 0. The number of carbonyl (C=O) groups excluding carboxylic acids is 1. The standard InChI is InChI=1S/C12H23NOS/c1-10(9-15-3)13(2)11-7-5-4-6-8-12(11)14/h10-11H,4-9H2,1-3H3. The Morgan fingerprint density at radius 2 is 2.20 bits per heavy atom. The summed E-state index contributed by atoms with van der Waals surface area (Å²) in [4.78, 5) is 14.2. The van der Waals surface area contributed by atoms with Crippen LogP contribution in [0.2, 0.25) is 0 Å². The minimum Gasteiger partial charge on any atom is -0.298 e. The molecule has 1 fully saturated rings. The summed E-state index contributed by atoms with van der Waals surface area (Å²) in [6.07, 6.45) is 7.52. The highest BCUT2D eigenvalue weighted by molar-refractivity contribution is 7.98. The SMILES string of the molecule is CSCC(C)N(C)C1CCCCCC1=O. The summed E-state index contributed by atoms with van der Waals surface area (Å²) in [5.74, 6) is 1.57. The Labute approximate surface area is 97.8 Å². The first-order chi connectivity index (χ1) is 7.16. The van der Waals surface area contributed by atoms with Crippen LogP contribution >= 0.6 is 11.8 Å². The quantitative estimate of drug-likeness (QED) is 0.691. The number of rotatable bonds is 4. The predicted octanol–water partition coefficient (Wildman–Crippen LogP) is 2.57. The molecule has 0 aromatic heterocycles. The van der Waals surface area contributed by atoms with E-state index >= 15 is 0 Å². The molecule has 3 heteroatoms. The average Bonchev–Trinajstić information content (AvgIpc) is 2.42. The Morgan fingerprint density at radius 3 is 2.87 bits per heavy atom. The van der Waals surface area contributed by atoms with Crippen molar-refractivity contribution < 1.29 is 4.79 Å². The minimum atomic E-state index is 0.189.